The van der Waals surface area contributed by atoms with Crippen LogP contribution in [-0.4, -0.2) is 31.9 Å². The van der Waals surface area contributed by atoms with Gasteiger partial charge in [0.25, 0.3) is 10.0 Å². The van der Waals surface area contributed by atoms with E-state index in [9.17, 15) is 13.2 Å². The van der Waals surface area contributed by atoms with Crippen LogP contribution < -0.4 is 5.32 Å². The van der Waals surface area contributed by atoms with E-state index in [0.29, 0.717) is 28.9 Å². The number of halogens is 1. The zero-order valence-electron chi connectivity index (χ0n) is 10.6. The van der Waals surface area contributed by atoms with Crippen LogP contribution in [0.25, 0.3) is 0 Å². The predicted octanol–water partition coefficient (Wildman–Crippen LogP) is 1.66. The van der Waals surface area contributed by atoms with Gasteiger partial charge >= 0.3 is 0 Å². The number of sulfonamides is 1. The second kappa shape index (κ2) is 5.10. The zero-order chi connectivity index (χ0) is 14.3. The molecule has 0 radical (unpaired) electrons. The van der Waals surface area contributed by atoms with Crippen molar-refractivity contribution in [2.45, 2.75) is 24.2 Å². The van der Waals surface area contributed by atoms with E-state index in [1.165, 1.54) is 6.07 Å². The molecule has 6 nitrogen and oxygen atoms in total. The molecule has 0 aromatic heterocycles. The molecule has 8 heteroatoms. The van der Waals surface area contributed by atoms with Gasteiger partial charge in [0.2, 0.25) is 5.91 Å². The summed E-state index contributed by atoms with van der Waals surface area (Å²) in [5, 5.41) is 2.69. The maximum atomic E-state index is 12.6. The molecule has 2 heterocycles. The van der Waals surface area contributed by atoms with Crippen LogP contribution in [0.15, 0.2) is 21.5 Å². The first-order valence-corrected chi connectivity index (χ1v) is 8.50. The molecule has 1 aromatic rings. The van der Waals surface area contributed by atoms with Gasteiger partial charge in [-0.15, -0.1) is 0 Å². The number of amides is 1. The molecule has 108 valence electrons. The van der Waals surface area contributed by atoms with Gasteiger partial charge in [-0.2, -0.15) is 0 Å². The van der Waals surface area contributed by atoms with Gasteiger partial charge in [0.1, 0.15) is 0 Å². The van der Waals surface area contributed by atoms with Gasteiger partial charge in [-0.05, 0) is 46.5 Å². The Bertz CT molecular complexity index is 668. The maximum Gasteiger partial charge on any atom is 0.266 e. The number of carbonyl (C=O) groups is 1. The summed E-state index contributed by atoms with van der Waals surface area (Å²) in [6.45, 7) is 0.755. The van der Waals surface area contributed by atoms with Crippen molar-refractivity contribution in [2.75, 3.05) is 18.5 Å². The fraction of sp³-hybridized carbons (Fsp3) is 0.417. The number of benzene rings is 1. The molecule has 0 unspecified atom stereocenters. The summed E-state index contributed by atoms with van der Waals surface area (Å²) < 4.78 is 26.6. The van der Waals surface area contributed by atoms with E-state index in [0.717, 1.165) is 17.3 Å². The van der Waals surface area contributed by atoms with E-state index in [1.54, 1.807) is 6.07 Å². The summed E-state index contributed by atoms with van der Waals surface area (Å²) >= 11 is 3.26. The van der Waals surface area contributed by atoms with Gasteiger partial charge in [0, 0.05) is 16.7 Å². The lowest BCUT2D eigenvalue weighted by Crippen LogP contribution is -2.35. The molecular formula is C12H13BrN2O4S. The van der Waals surface area contributed by atoms with Crippen LogP contribution in [0, 0.1) is 0 Å². The van der Waals surface area contributed by atoms with Crippen LogP contribution in [0.1, 0.15) is 18.4 Å². The molecule has 0 spiro atoms. The average Bonchev–Trinajstić information content (AvgIpc) is 2.78. The zero-order valence-corrected chi connectivity index (χ0v) is 13.0. The van der Waals surface area contributed by atoms with Crippen LogP contribution in [0.4, 0.5) is 5.69 Å². The van der Waals surface area contributed by atoms with E-state index in [2.05, 4.69) is 21.2 Å². The molecule has 1 fully saturated rings. The third kappa shape index (κ3) is 2.37. The molecule has 1 saturated heterocycles. The minimum Gasteiger partial charge on any atom is -0.325 e. The lowest BCUT2D eigenvalue weighted by molar-refractivity contribution is -0.115. The van der Waals surface area contributed by atoms with Gasteiger partial charge < -0.3 is 5.32 Å². The number of nitrogens with one attached hydrogen (secondary N) is 1. The van der Waals surface area contributed by atoms with E-state index in [4.69, 9.17) is 4.84 Å². The first-order valence-electron chi connectivity index (χ1n) is 6.26. The van der Waals surface area contributed by atoms with Crippen molar-refractivity contribution in [1.29, 1.82) is 0 Å². The van der Waals surface area contributed by atoms with Crippen LogP contribution in [0.2, 0.25) is 0 Å². The minimum atomic E-state index is -3.71. The first kappa shape index (κ1) is 14.0. The highest BCUT2D eigenvalue weighted by Gasteiger charge is 2.31. The highest BCUT2D eigenvalue weighted by atomic mass is 79.9. The van der Waals surface area contributed by atoms with Crippen molar-refractivity contribution in [3.63, 3.8) is 0 Å². The summed E-state index contributed by atoms with van der Waals surface area (Å²) in [6, 6.07) is 3.15. The maximum absolute atomic E-state index is 12.6. The number of hydroxylamine groups is 1. The number of nitrogens with zero attached hydrogens (tertiary/aromatic N) is 1. The van der Waals surface area contributed by atoms with Gasteiger partial charge in [-0.25, -0.2) is 8.42 Å². The Morgan fingerprint density at radius 1 is 1.30 bits per heavy atom. The largest absolute Gasteiger partial charge is 0.325 e. The third-order valence-corrected chi connectivity index (χ3v) is 5.94. The molecule has 0 bridgehead atoms. The Hall–Kier alpha value is -0.960. The third-order valence-electron chi connectivity index (χ3n) is 3.30. The topological polar surface area (TPSA) is 75.7 Å². The fourth-order valence-corrected chi connectivity index (χ4v) is 4.65. The average molecular weight is 361 g/mol. The summed E-state index contributed by atoms with van der Waals surface area (Å²) in [5.74, 6) is -0.129. The molecule has 1 N–H and O–H groups in total. The smallest absolute Gasteiger partial charge is 0.266 e. The van der Waals surface area contributed by atoms with Gasteiger partial charge in [0.15, 0.2) is 0 Å². The molecule has 1 aromatic carbocycles. The molecule has 20 heavy (non-hydrogen) atoms. The monoisotopic (exact) mass is 360 g/mol. The Labute approximate surface area is 125 Å². The van der Waals surface area contributed by atoms with Gasteiger partial charge in [0.05, 0.1) is 17.9 Å². The number of hydrogen-bond acceptors (Lipinski definition) is 4. The molecule has 3 rings (SSSR count). The van der Waals surface area contributed by atoms with E-state index in [1.807, 2.05) is 0 Å². The summed E-state index contributed by atoms with van der Waals surface area (Å²) in [6.07, 6.45) is 1.84. The number of fused-ring (bicyclic) bond motifs is 1. The van der Waals surface area contributed by atoms with E-state index < -0.39 is 10.0 Å². The van der Waals surface area contributed by atoms with Crippen molar-refractivity contribution in [3.8, 4) is 0 Å². The Balaban J connectivity index is 2.01. The lowest BCUT2D eigenvalue weighted by atomic mass is 10.2. The number of anilines is 1. The lowest BCUT2D eigenvalue weighted by Gasteiger charge is -2.25. The molecule has 2 aliphatic heterocycles. The molecule has 0 aliphatic carbocycles. The van der Waals surface area contributed by atoms with Crippen LogP contribution >= 0.6 is 15.9 Å². The van der Waals surface area contributed by atoms with E-state index in [-0.39, 0.29) is 17.2 Å². The van der Waals surface area contributed by atoms with Crippen molar-refractivity contribution >= 4 is 37.5 Å². The highest BCUT2D eigenvalue weighted by molar-refractivity contribution is 9.10. The predicted molar refractivity (Wildman–Crippen MR) is 75.6 cm³/mol. The second-order valence-corrected chi connectivity index (χ2v) is 7.39. The SMILES string of the molecule is O=C1Cc2cc(S(=O)(=O)N3CCCCO3)c(Br)cc2N1. The van der Waals surface area contributed by atoms with E-state index >= 15 is 0 Å². The second-order valence-electron chi connectivity index (χ2n) is 4.74. The van der Waals surface area contributed by atoms with Crippen molar-refractivity contribution in [1.82, 2.24) is 4.47 Å². The first-order chi connectivity index (χ1) is 9.48. The number of rotatable bonds is 2. The summed E-state index contributed by atoms with van der Waals surface area (Å²) in [5.41, 5.74) is 1.34. The highest BCUT2D eigenvalue weighted by Crippen LogP contribution is 2.34. The standard InChI is InChI=1S/C12H13BrN2O4S/c13-9-7-10-8(6-12(16)14-10)5-11(9)20(17,18)15-3-1-2-4-19-15/h5,7H,1-4,6H2,(H,14,16). The minimum absolute atomic E-state index is 0.129. The molecule has 0 atom stereocenters. The molecule has 2 aliphatic rings. The fourth-order valence-electron chi connectivity index (χ4n) is 2.30. The Morgan fingerprint density at radius 3 is 2.80 bits per heavy atom. The van der Waals surface area contributed by atoms with Gasteiger partial charge in [-0.1, -0.05) is 4.47 Å². The summed E-state index contributed by atoms with van der Waals surface area (Å²) in [4.78, 5) is 16.7. The Kier molecular flexibility index (Phi) is 3.57. The summed E-state index contributed by atoms with van der Waals surface area (Å²) in [7, 11) is -3.71. The number of hydrogen-bond donors (Lipinski definition) is 1. The van der Waals surface area contributed by atoms with Crippen LogP contribution in [0.5, 0.6) is 0 Å². The molecule has 1 amide bonds. The van der Waals surface area contributed by atoms with Crippen LogP contribution in [0.3, 0.4) is 0 Å². The van der Waals surface area contributed by atoms with Gasteiger partial charge in [-0.3, -0.25) is 9.63 Å². The van der Waals surface area contributed by atoms with Crippen molar-refractivity contribution in [3.05, 3.63) is 22.2 Å². The number of carbonyl (C=O) groups excluding carboxylic acids is 1. The normalized spacial score (nSPS) is 19.8. The van der Waals surface area contributed by atoms with Crippen LogP contribution in [-0.2, 0) is 26.1 Å². The Morgan fingerprint density at radius 2 is 2.10 bits per heavy atom. The van der Waals surface area contributed by atoms with Crippen molar-refractivity contribution < 1.29 is 18.0 Å². The molecule has 0 saturated carbocycles. The van der Waals surface area contributed by atoms with Crippen molar-refractivity contribution in [2.24, 2.45) is 0 Å². The quantitative estimate of drug-likeness (QED) is 0.869. The molecular weight excluding hydrogens is 348 g/mol.